The minimum Gasteiger partial charge on any atom is -0.327 e. The van der Waals surface area contributed by atoms with Crippen LogP contribution in [0.3, 0.4) is 0 Å². The van der Waals surface area contributed by atoms with Crippen LogP contribution in [0.4, 0.5) is 0 Å². The van der Waals surface area contributed by atoms with E-state index < -0.39 is 0 Å². The Balaban J connectivity index is 2.04. The lowest BCUT2D eigenvalue weighted by molar-refractivity contribution is 0.0752. The van der Waals surface area contributed by atoms with E-state index in [0.717, 1.165) is 12.5 Å². The van der Waals surface area contributed by atoms with Crippen LogP contribution in [0.5, 0.6) is 0 Å². The topological polar surface area (TPSA) is 41.3 Å². The summed E-state index contributed by atoms with van der Waals surface area (Å²) < 4.78 is 0. The summed E-state index contributed by atoms with van der Waals surface area (Å²) in [6, 6.07) is 0.457. The van der Waals surface area contributed by atoms with E-state index in [-0.39, 0.29) is 0 Å². The van der Waals surface area contributed by atoms with Crippen LogP contribution < -0.4 is 11.2 Å². The molecule has 1 saturated heterocycles. The molecule has 0 aromatic heterocycles. The Morgan fingerprint density at radius 2 is 2.36 bits per heavy atom. The Morgan fingerprint density at radius 1 is 1.64 bits per heavy atom. The van der Waals surface area contributed by atoms with E-state index in [2.05, 4.69) is 17.4 Å². The number of nitrogens with two attached hydrogens (primary N) is 1. The van der Waals surface area contributed by atoms with Gasteiger partial charge in [0.1, 0.15) is 0 Å². The molecule has 2 rings (SSSR count). The largest absolute Gasteiger partial charge is 0.327 e. The molecule has 0 spiro atoms. The summed E-state index contributed by atoms with van der Waals surface area (Å²) >= 11 is 0. The minimum absolute atomic E-state index is 0.457. The van der Waals surface area contributed by atoms with E-state index in [1.807, 2.05) is 7.05 Å². The zero-order valence-electron chi connectivity index (χ0n) is 7.30. The zero-order chi connectivity index (χ0) is 8.06. The zero-order valence-corrected chi connectivity index (χ0v) is 7.30. The number of hydrogen-bond acceptors (Lipinski definition) is 3. The second-order valence-corrected chi connectivity index (χ2v) is 4.23. The molecule has 11 heavy (non-hydrogen) atoms. The van der Waals surface area contributed by atoms with Gasteiger partial charge < -0.3 is 5.73 Å². The number of nitrogens with zero attached hydrogens (tertiary/aromatic N) is 1. The highest BCUT2D eigenvalue weighted by molar-refractivity contribution is 5.07. The van der Waals surface area contributed by atoms with E-state index in [4.69, 9.17) is 5.73 Å². The van der Waals surface area contributed by atoms with Gasteiger partial charge in [0.05, 0.1) is 0 Å². The smallest absolute Gasteiger partial charge is 0.0189 e. The van der Waals surface area contributed by atoms with E-state index in [1.54, 1.807) is 0 Å². The summed E-state index contributed by atoms with van der Waals surface area (Å²) in [5, 5.41) is 2.28. The fourth-order valence-corrected chi connectivity index (χ4v) is 2.63. The average Bonchev–Trinajstić information content (AvgIpc) is 2.22. The van der Waals surface area contributed by atoms with Gasteiger partial charge in [0.25, 0.3) is 0 Å². The van der Waals surface area contributed by atoms with Gasteiger partial charge in [-0.2, -0.15) is 0 Å². The summed E-state index contributed by atoms with van der Waals surface area (Å²) in [5.41, 5.74) is 9.62. The van der Waals surface area contributed by atoms with Gasteiger partial charge in [0.2, 0.25) is 0 Å². The molecule has 1 saturated carbocycles. The second-order valence-electron chi connectivity index (χ2n) is 4.23. The molecule has 0 aromatic carbocycles. The summed E-state index contributed by atoms with van der Waals surface area (Å²) in [4.78, 5) is 0. The molecule has 1 aliphatic heterocycles. The molecule has 0 radical (unpaired) electrons. The summed E-state index contributed by atoms with van der Waals surface area (Å²) in [6.07, 6.45) is 1.20. The van der Waals surface area contributed by atoms with Crippen LogP contribution >= 0.6 is 0 Å². The maximum absolute atomic E-state index is 5.91. The predicted molar refractivity (Wildman–Crippen MR) is 44.8 cm³/mol. The number of hydrazine groups is 1. The number of hydrogen-bond donors (Lipinski definition) is 2. The van der Waals surface area contributed by atoms with Crippen LogP contribution in [0.15, 0.2) is 0 Å². The van der Waals surface area contributed by atoms with Gasteiger partial charge in [-0.15, -0.1) is 0 Å². The molecule has 0 amide bonds. The number of rotatable bonds is 1. The Kier molecular flexibility index (Phi) is 1.50. The first-order valence-corrected chi connectivity index (χ1v) is 4.34. The van der Waals surface area contributed by atoms with Gasteiger partial charge >= 0.3 is 0 Å². The molecule has 1 aliphatic carbocycles. The normalized spacial score (nSPS) is 50.5. The van der Waals surface area contributed by atoms with E-state index in [9.17, 15) is 0 Å². The molecular weight excluding hydrogens is 138 g/mol. The van der Waals surface area contributed by atoms with Crippen molar-refractivity contribution < 1.29 is 0 Å². The first kappa shape index (κ1) is 7.53. The second kappa shape index (κ2) is 2.19. The van der Waals surface area contributed by atoms with Crippen LogP contribution in [0.2, 0.25) is 0 Å². The SMILES string of the molecule is CNN1CC2[C@H](N)C[C@]2(C)C1. The lowest BCUT2D eigenvalue weighted by Gasteiger charge is -2.46. The lowest BCUT2D eigenvalue weighted by Crippen LogP contribution is -2.53. The average molecular weight is 155 g/mol. The van der Waals surface area contributed by atoms with Crippen molar-refractivity contribution >= 4 is 0 Å². The molecule has 64 valence electrons. The Bertz CT molecular complexity index is 171. The maximum atomic E-state index is 5.91. The minimum atomic E-state index is 0.457. The number of nitrogens with one attached hydrogen (secondary N) is 1. The van der Waals surface area contributed by atoms with Crippen molar-refractivity contribution in [1.82, 2.24) is 10.4 Å². The Hall–Kier alpha value is -0.120. The Morgan fingerprint density at radius 3 is 2.82 bits per heavy atom. The monoisotopic (exact) mass is 155 g/mol. The molecule has 2 aliphatic rings. The van der Waals surface area contributed by atoms with Crippen molar-refractivity contribution in [1.29, 1.82) is 0 Å². The summed E-state index contributed by atoms with van der Waals surface area (Å²) in [7, 11) is 1.99. The van der Waals surface area contributed by atoms with E-state index in [0.29, 0.717) is 11.5 Å². The molecule has 3 N–H and O–H groups in total. The van der Waals surface area contributed by atoms with Crippen molar-refractivity contribution in [2.24, 2.45) is 17.1 Å². The molecule has 3 heteroatoms. The van der Waals surface area contributed by atoms with Gasteiger partial charge in [-0.25, -0.2) is 5.01 Å². The van der Waals surface area contributed by atoms with Crippen molar-refractivity contribution in [3.63, 3.8) is 0 Å². The fourth-order valence-electron chi connectivity index (χ4n) is 2.63. The third kappa shape index (κ3) is 0.916. The lowest BCUT2D eigenvalue weighted by atomic mass is 9.60. The molecule has 2 fully saturated rings. The molecule has 1 unspecified atom stereocenters. The van der Waals surface area contributed by atoms with Crippen molar-refractivity contribution in [2.75, 3.05) is 20.1 Å². The first-order chi connectivity index (χ1) is 5.15. The highest BCUT2D eigenvalue weighted by atomic mass is 15.5. The predicted octanol–water partition coefficient (Wildman–Crippen LogP) is -0.210. The standard InChI is InChI=1S/C8H17N3/c1-8-3-7(9)6(8)4-11(5-8)10-2/h6-7,10H,3-5,9H2,1-2H3/t6?,7-,8-/m1/s1. The van der Waals surface area contributed by atoms with Crippen LogP contribution in [0.25, 0.3) is 0 Å². The molecule has 3 nitrogen and oxygen atoms in total. The number of fused-ring (bicyclic) bond motifs is 1. The van der Waals surface area contributed by atoms with Gasteiger partial charge in [-0.05, 0) is 24.8 Å². The van der Waals surface area contributed by atoms with Gasteiger partial charge in [0, 0.05) is 19.1 Å². The molecule has 0 bridgehead atoms. The highest BCUT2D eigenvalue weighted by Gasteiger charge is 2.54. The third-order valence-corrected chi connectivity index (χ3v) is 3.40. The molecular formula is C8H17N3. The summed E-state index contributed by atoms with van der Waals surface area (Å²) in [5.74, 6) is 0.731. The van der Waals surface area contributed by atoms with Crippen molar-refractivity contribution in [3.05, 3.63) is 0 Å². The van der Waals surface area contributed by atoms with Gasteiger partial charge in [-0.1, -0.05) is 6.92 Å². The molecule has 3 atom stereocenters. The van der Waals surface area contributed by atoms with Crippen LogP contribution in [-0.4, -0.2) is 31.2 Å². The third-order valence-electron chi connectivity index (χ3n) is 3.40. The Labute approximate surface area is 67.9 Å². The van der Waals surface area contributed by atoms with E-state index >= 15 is 0 Å². The summed E-state index contributed by atoms with van der Waals surface area (Å²) in [6.45, 7) is 4.65. The molecule has 0 aromatic rings. The van der Waals surface area contributed by atoms with Crippen molar-refractivity contribution in [2.45, 2.75) is 19.4 Å². The first-order valence-electron chi connectivity index (χ1n) is 4.34. The van der Waals surface area contributed by atoms with Gasteiger partial charge in [-0.3, -0.25) is 5.43 Å². The fraction of sp³-hybridized carbons (Fsp3) is 1.00. The quantitative estimate of drug-likeness (QED) is 0.550. The van der Waals surface area contributed by atoms with Gasteiger partial charge in [0.15, 0.2) is 0 Å². The van der Waals surface area contributed by atoms with Crippen LogP contribution in [0, 0.1) is 11.3 Å². The van der Waals surface area contributed by atoms with E-state index in [1.165, 1.54) is 13.0 Å². The van der Waals surface area contributed by atoms with Crippen LogP contribution in [0.1, 0.15) is 13.3 Å². The highest BCUT2D eigenvalue weighted by Crippen LogP contribution is 2.49. The van der Waals surface area contributed by atoms with Crippen LogP contribution in [-0.2, 0) is 0 Å². The van der Waals surface area contributed by atoms with Crippen molar-refractivity contribution in [3.8, 4) is 0 Å². The molecule has 1 heterocycles. The maximum Gasteiger partial charge on any atom is 0.0189 e.